The molecule has 0 amide bonds. The minimum Gasteiger partial charge on any atom is -0.465 e. The molecule has 0 radical (unpaired) electrons. The Morgan fingerprint density at radius 1 is 1.24 bits per heavy atom. The molecule has 0 aliphatic carbocycles. The van der Waals surface area contributed by atoms with Crippen LogP contribution in [-0.4, -0.2) is 62.1 Å². The minimum atomic E-state index is -4.17. The summed E-state index contributed by atoms with van der Waals surface area (Å²) in [4.78, 5) is 20.3. The molecular weight excluding hydrogens is 527 g/mol. The lowest BCUT2D eigenvalue weighted by Crippen LogP contribution is -2.37. The van der Waals surface area contributed by atoms with Crippen molar-refractivity contribution in [2.45, 2.75) is 52.0 Å². The lowest BCUT2D eigenvalue weighted by atomic mass is 10.2. The molecule has 3 aromatic rings. The van der Waals surface area contributed by atoms with Gasteiger partial charge in [-0.15, -0.1) is 0 Å². The number of carbonyl (C=O) groups excluding carboxylic acids is 1. The SMILES string of the molecule is CCOC(=O)[C@H](C)NP(=O)(OC[C@@H](O[C@H](C)c1cnc2c(N)ncnn12)C(C)O)Oc1ccc(Cl)cc1. The summed E-state index contributed by atoms with van der Waals surface area (Å²) in [6.45, 7) is 6.12. The summed E-state index contributed by atoms with van der Waals surface area (Å²) in [5.41, 5.74) is 6.74. The molecule has 13 nitrogen and oxygen atoms in total. The van der Waals surface area contributed by atoms with Gasteiger partial charge in [0.2, 0.25) is 0 Å². The van der Waals surface area contributed by atoms with E-state index < -0.39 is 38.1 Å². The molecule has 37 heavy (non-hydrogen) atoms. The zero-order valence-electron chi connectivity index (χ0n) is 20.8. The normalized spacial score (nSPS) is 16.5. The molecule has 3 rings (SSSR count). The number of aromatic nitrogens is 4. The van der Waals surface area contributed by atoms with Crippen LogP contribution in [0, 0.1) is 0 Å². The number of nitrogens with zero attached hydrogens (tertiary/aromatic N) is 4. The third-order valence-electron chi connectivity index (χ3n) is 5.13. The van der Waals surface area contributed by atoms with E-state index in [4.69, 9.17) is 35.9 Å². The van der Waals surface area contributed by atoms with Crippen LogP contribution in [-0.2, 0) is 23.4 Å². The first kappa shape index (κ1) is 28.8. The predicted molar refractivity (Wildman–Crippen MR) is 135 cm³/mol. The van der Waals surface area contributed by atoms with E-state index in [1.165, 1.54) is 43.0 Å². The fourth-order valence-corrected chi connectivity index (χ4v) is 4.83. The smallest absolute Gasteiger partial charge is 0.459 e. The summed E-state index contributed by atoms with van der Waals surface area (Å²) in [5.74, 6) is -0.259. The number of hydrogen-bond donors (Lipinski definition) is 3. The van der Waals surface area contributed by atoms with E-state index in [2.05, 4.69) is 20.2 Å². The van der Waals surface area contributed by atoms with Crippen LogP contribution in [0.15, 0.2) is 36.8 Å². The lowest BCUT2D eigenvalue weighted by Gasteiger charge is -2.27. The van der Waals surface area contributed by atoms with E-state index in [0.717, 1.165) is 0 Å². The number of esters is 1. The van der Waals surface area contributed by atoms with E-state index in [-0.39, 0.29) is 24.8 Å². The average Bonchev–Trinajstić information content (AvgIpc) is 3.29. The predicted octanol–water partition coefficient (Wildman–Crippen LogP) is 2.93. The highest BCUT2D eigenvalue weighted by atomic mass is 35.5. The van der Waals surface area contributed by atoms with E-state index >= 15 is 0 Å². The summed E-state index contributed by atoms with van der Waals surface area (Å²) in [7, 11) is -4.17. The van der Waals surface area contributed by atoms with Gasteiger partial charge in [-0.05, 0) is 52.0 Å². The van der Waals surface area contributed by atoms with Gasteiger partial charge in [0.05, 0.1) is 37.3 Å². The number of anilines is 1. The Bertz CT molecular complexity index is 1240. The van der Waals surface area contributed by atoms with Crippen LogP contribution < -0.4 is 15.3 Å². The number of nitrogen functional groups attached to an aromatic ring is 1. The van der Waals surface area contributed by atoms with Crippen LogP contribution >= 0.6 is 19.3 Å². The Balaban J connectivity index is 1.77. The zero-order valence-corrected chi connectivity index (χ0v) is 22.4. The molecule has 0 bridgehead atoms. The molecule has 0 saturated carbocycles. The Labute approximate surface area is 218 Å². The fourth-order valence-electron chi connectivity index (χ4n) is 3.21. The molecule has 0 fully saturated rings. The number of nitrogens with two attached hydrogens (primary N) is 1. The molecule has 2 heterocycles. The summed E-state index contributed by atoms with van der Waals surface area (Å²) in [5, 5.41) is 17.5. The highest BCUT2D eigenvalue weighted by Gasteiger charge is 2.34. The van der Waals surface area contributed by atoms with Gasteiger partial charge < -0.3 is 24.8 Å². The molecule has 2 aromatic heterocycles. The lowest BCUT2D eigenvalue weighted by molar-refractivity contribution is -0.144. The zero-order chi connectivity index (χ0) is 27.2. The standard InChI is InChI=1S/C22H30ClN6O7P/c1-5-33-22(31)13(2)28-37(32,36-17-8-6-16(23)7-9-17)34-11-19(14(3)30)35-15(4)18-10-25-21-20(24)26-12-27-29(18)21/h6-10,12-15,19,30H,5,11H2,1-4H3,(H,28,32)(H2,24,26,27)/t13-,14?,15+,19+,37?/m0/s1. The van der Waals surface area contributed by atoms with Gasteiger partial charge in [0.25, 0.3) is 0 Å². The number of hydrogen-bond acceptors (Lipinski definition) is 11. The third-order valence-corrected chi connectivity index (χ3v) is 7.03. The van der Waals surface area contributed by atoms with Crippen molar-refractivity contribution in [3.05, 3.63) is 47.5 Å². The summed E-state index contributed by atoms with van der Waals surface area (Å²) in [6, 6.07) is 5.07. The topological polar surface area (TPSA) is 172 Å². The maximum atomic E-state index is 13.7. The Morgan fingerprint density at radius 2 is 1.95 bits per heavy atom. The second kappa shape index (κ2) is 12.6. The first-order valence-corrected chi connectivity index (χ1v) is 13.4. The van der Waals surface area contributed by atoms with Crippen LogP contribution in [0.4, 0.5) is 5.82 Å². The molecule has 0 saturated heterocycles. The molecular formula is C22H30ClN6O7P. The Hall–Kier alpha value is -2.80. The van der Waals surface area contributed by atoms with Crippen molar-refractivity contribution in [3.63, 3.8) is 0 Å². The van der Waals surface area contributed by atoms with Crippen molar-refractivity contribution in [2.24, 2.45) is 0 Å². The van der Waals surface area contributed by atoms with Gasteiger partial charge in [-0.2, -0.15) is 10.2 Å². The second-order valence-electron chi connectivity index (χ2n) is 8.06. The fraction of sp³-hybridized carbons (Fsp3) is 0.455. The van der Waals surface area contributed by atoms with Crippen LogP contribution in [0.2, 0.25) is 5.02 Å². The van der Waals surface area contributed by atoms with E-state index in [1.54, 1.807) is 26.0 Å². The van der Waals surface area contributed by atoms with E-state index in [1.807, 2.05) is 0 Å². The van der Waals surface area contributed by atoms with Crippen molar-refractivity contribution in [1.82, 2.24) is 24.7 Å². The van der Waals surface area contributed by atoms with Crippen molar-refractivity contribution >= 4 is 36.8 Å². The number of imidazole rings is 1. The largest absolute Gasteiger partial charge is 0.465 e. The van der Waals surface area contributed by atoms with Gasteiger partial charge in [0.15, 0.2) is 11.5 Å². The molecule has 2 unspecified atom stereocenters. The molecule has 202 valence electrons. The van der Waals surface area contributed by atoms with Crippen molar-refractivity contribution in [1.29, 1.82) is 0 Å². The monoisotopic (exact) mass is 556 g/mol. The van der Waals surface area contributed by atoms with E-state index in [9.17, 15) is 14.5 Å². The number of rotatable bonds is 13. The van der Waals surface area contributed by atoms with Gasteiger partial charge in [-0.3, -0.25) is 9.32 Å². The first-order chi connectivity index (χ1) is 17.5. The van der Waals surface area contributed by atoms with Gasteiger partial charge in [0, 0.05) is 5.02 Å². The van der Waals surface area contributed by atoms with Gasteiger partial charge >= 0.3 is 13.7 Å². The number of benzene rings is 1. The second-order valence-corrected chi connectivity index (χ2v) is 10.2. The van der Waals surface area contributed by atoms with Crippen LogP contribution in [0.1, 0.15) is 39.5 Å². The molecule has 0 spiro atoms. The molecule has 0 aliphatic heterocycles. The maximum Gasteiger partial charge on any atom is 0.459 e. The molecule has 0 aliphatic rings. The number of carbonyl (C=O) groups is 1. The summed E-state index contributed by atoms with van der Waals surface area (Å²) in [6.07, 6.45) is 0.197. The minimum absolute atomic E-state index is 0.143. The number of nitrogens with one attached hydrogen (secondary N) is 1. The highest BCUT2D eigenvalue weighted by molar-refractivity contribution is 7.52. The van der Waals surface area contributed by atoms with Crippen molar-refractivity contribution in [2.75, 3.05) is 18.9 Å². The van der Waals surface area contributed by atoms with E-state index in [0.29, 0.717) is 16.4 Å². The number of fused-ring (bicyclic) bond motifs is 1. The quantitative estimate of drug-likeness (QED) is 0.208. The van der Waals surface area contributed by atoms with Crippen LogP contribution in [0.25, 0.3) is 5.65 Å². The Kier molecular flexibility index (Phi) is 9.82. The highest BCUT2D eigenvalue weighted by Crippen LogP contribution is 2.45. The van der Waals surface area contributed by atoms with Gasteiger partial charge in [-0.1, -0.05) is 11.6 Å². The number of ether oxygens (including phenoxy) is 2. The summed E-state index contributed by atoms with van der Waals surface area (Å²) >= 11 is 5.92. The number of halogens is 1. The maximum absolute atomic E-state index is 13.7. The molecule has 1 aromatic carbocycles. The number of aliphatic hydroxyl groups is 1. The Morgan fingerprint density at radius 3 is 2.59 bits per heavy atom. The summed E-state index contributed by atoms with van der Waals surface area (Å²) < 4.78 is 37.4. The average molecular weight is 557 g/mol. The van der Waals surface area contributed by atoms with Crippen LogP contribution in [0.3, 0.4) is 0 Å². The van der Waals surface area contributed by atoms with Crippen LogP contribution in [0.5, 0.6) is 5.75 Å². The van der Waals surface area contributed by atoms with Crippen molar-refractivity contribution in [3.8, 4) is 5.75 Å². The molecule has 4 N–H and O–H groups in total. The molecule has 15 heteroatoms. The van der Waals surface area contributed by atoms with Crippen molar-refractivity contribution < 1.29 is 33.0 Å². The molecule has 5 atom stereocenters. The first-order valence-electron chi connectivity index (χ1n) is 11.4. The number of aliphatic hydroxyl groups excluding tert-OH is 1. The third kappa shape index (κ3) is 7.60. The van der Waals surface area contributed by atoms with Gasteiger partial charge in [-0.25, -0.2) is 19.0 Å². The van der Waals surface area contributed by atoms with Gasteiger partial charge in [0.1, 0.15) is 24.2 Å².